The molecule has 2 atom stereocenters. The molecule has 0 unspecified atom stereocenters. The minimum absolute atomic E-state index is 0.0110. The number of hydrogen-bond acceptors (Lipinski definition) is 10. The Labute approximate surface area is 292 Å². The van der Waals surface area contributed by atoms with Gasteiger partial charge in [0.1, 0.15) is 12.3 Å². The molecule has 3 aromatic rings. The number of nitrogens with zero attached hydrogens (tertiary/aromatic N) is 7. The van der Waals surface area contributed by atoms with Gasteiger partial charge < -0.3 is 28.7 Å². The van der Waals surface area contributed by atoms with Crippen LogP contribution in [-0.4, -0.2) is 95.0 Å². The Hall–Kier alpha value is -4.94. The van der Waals surface area contributed by atoms with Gasteiger partial charge in [-0.3, -0.25) is 24.3 Å². The highest BCUT2D eigenvalue weighted by atomic mass is 16.5. The van der Waals surface area contributed by atoms with Gasteiger partial charge in [0, 0.05) is 44.2 Å². The fourth-order valence-electron chi connectivity index (χ4n) is 7.17. The largest absolute Gasteiger partial charge is 0.493 e. The van der Waals surface area contributed by atoms with Crippen molar-refractivity contribution < 1.29 is 28.5 Å². The minimum Gasteiger partial charge on any atom is -0.493 e. The minimum atomic E-state index is -0.0180. The maximum atomic E-state index is 13.1. The van der Waals surface area contributed by atoms with Gasteiger partial charge in [-0.25, -0.2) is 0 Å². The van der Waals surface area contributed by atoms with Crippen molar-refractivity contribution in [1.82, 2.24) is 24.8 Å². The van der Waals surface area contributed by atoms with E-state index in [1.807, 2.05) is 39.2 Å². The Morgan fingerprint density at radius 1 is 0.700 bits per heavy atom. The van der Waals surface area contributed by atoms with Gasteiger partial charge in [-0.15, -0.1) is 5.10 Å². The van der Waals surface area contributed by atoms with E-state index < -0.39 is 0 Å². The van der Waals surface area contributed by atoms with Gasteiger partial charge in [0.05, 0.1) is 61.6 Å². The molecule has 0 bridgehead atoms. The van der Waals surface area contributed by atoms with Crippen molar-refractivity contribution in [1.29, 1.82) is 0 Å². The van der Waals surface area contributed by atoms with E-state index in [1.165, 1.54) is 0 Å². The first-order valence-corrected chi connectivity index (χ1v) is 17.8. The summed E-state index contributed by atoms with van der Waals surface area (Å²) in [5.74, 6) is 2.19. The molecule has 0 aliphatic carbocycles. The number of aryl methyl sites for hydroxylation is 1. The lowest BCUT2D eigenvalue weighted by Crippen LogP contribution is -2.35. The molecule has 5 heterocycles. The highest BCUT2D eigenvalue weighted by molar-refractivity contribution is 6.04. The third-order valence-corrected chi connectivity index (χ3v) is 9.92. The predicted octanol–water partition coefficient (Wildman–Crippen LogP) is 5.93. The van der Waals surface area contributed by atoms with E-state index in [0.29, 0.717) is 57.8 Å². The Morgan fingerprint density at radius 2 is 1.26 bits per heavy atom. The first-order valence-electron chi connectivity index (χ1n) is 17.8. The lowest BCUT2D eigenvalue weighted by atomic mass is 10.1. The van der Waals surface area contributed by atoms with Crippen molar-refractivity contribution in [2.75, 3.05) is 33.9 Å². The van der Waals surface area contributed by atoms with E-state index in [4.69, 9.17) is 18.9 Å². The zero-order valence-corrected chi connectivity index (χ0v) is 28.9. The molecule has 4 aliphatic heterocycles. The SMILES string of the molecule is COc1cc2c(cc1OCCCCCCCCn1cc(COc3cc4c(cc3OC)C(=O)N3CCC[C@H]3C=N4)nn1)N=C[C@@H]1CCCN1C2=O. The summed E-state index contributed by atoms with van der Waals surface area (Å²) < 4.78 is 25.1. The molecule has 2 saturated heterocycles. The number of benzene rings is 2. The number of amides is 2. The highest BCUT2D eigenvalue weighted by Crippen LogP contribution is 2.39. The van der Waals surface area contributed by atoms with Crippen molar-refractivity contribution in [3.8, 4) is 23.0 Å². The number of aromatic nitrogens is 3. The summed E-state index contributed by atoms with van der Waals surface area (Å²) in [6, 6.07) is 7.22. The third kappa shape index (κ3) is 7.17. The topological polar surface area (TPSA) is 133 Å². The summed E-state index contributed by atoms with van der Waals surface area (Å²) in [5, 5.41) is 8.55. The molecule has 0 N–H and O–H groups in total. The van der Waals surface area contributed by atoms with Gasteiger partial charge >= 0.3 is 0 Å². The Balaban J connectivity index is 0.812. The molecular formula is C37H45N7O6. The lowest BCUT2D eigenvalue weighted by molar-refractivity contribution is 0.0766. The molecule has 50 heavy (non-hydrogen) atoms. The molecule has 13 nitrogen and oxygen atoms in total. The molecule has 2 aromatic carbocycles. The molecule has 13 heteroatoms. The van der Waals surface area contributed by atoms with E-state index in [1.54, 1.807) is 32.4 Å². The summed E-state index contributed by atoms with van der Waals surface area (Å²) in [7, 11) is 3.17. The summed E-state index contributed by atoms with van der Waals surface area (Å²) in [6.45, 7) is 3.10. The van der Waals surface area contributed by atoms with Gasteiger partial charge in [-0.1, -0.05) is 30.9 Å². The Bertz CT molecular complexity index is 1770. The molecule has 2 fully saturated rings. The van der Waals surface area contributed by atoms with Gasteiger partial charge in [0.15, 0.2) is 23.0 Å². The highest BCUT2D eigenvalue weighted by Gasteiger charge is 2.34. The summed E-state index contributed by atoms with van der Waals surface area (Å²) in [4.78, 5) is 39.2. The molecule has 264 valence electrons. The molecule has 4 aliphatic rings. The number of carbonyl (C=O) groups is 2. The van der Waals surface area contributed by atoms with Crippen molar-refractivity contribution in [3.05, 3.63) is 47.3 Å². The van der Waals surface area contributed by atoms with Crippen LogP contribution in [0.3, 0.4) is 0 Å². The molecule has 1 aromatic heterocycles. The van der Waals surface area contributed by atoms with Crippen molar-refractivity contribution in [2.24, 2.45) is 9.98 Å². The van der Waals surface area contributed by atoms with Crippen LogP contribution in [-0.2, 0) is 13.2 Å². The maximum Gasteiger partial charge on any atom is 0.256 e. The monoisotopic (exact) mass is 683 g/mol. The number of hydrogen-bond donors (Lipinski definition) is 0. The van der Waals surface area contributed by atoms with E-state index >= 15 is 0 Å². The van der Waals surface area contributed by atoms with Crippen LogP contribution in [0.25, 0.3) is 0 Å². The second kappa shape index (κ2) is 15.3. The lowest BCUT2D eigenvalue weighted by Gasteiger charge is -2.20. The van der Waals surface area contributed by atoms with Gasteiger partial charge in [0.25, 0.3) is 11.8 Å². The van der Waals surface area contributed by atoms with E-state index in [9.17, 15) is 9.59 Å². The van der Waals surface area contributed by atoms with E-state index in [0.717, 1.165) is 83.8 Å². The molecule has 7 rings (SSSR count). The number of fused-ring (bicyclic) bond motifs is 4. The standard InChI is InChI=1S/C37H45N7O6/c1-47-32-17-28-30(38-21-26-11-9-14-43(26)36(28)45)19-34(32)49-16-8-6-4-3-5-7-13-42-23-25(40-41-42)24-50-35-20-31-29(18-33(35)48-2)37(46)44-15-10-12-27(44)22-39-31/h17-23,26-27H,3-16,24H2,1-2H3/t26-,27-/m0/s1. The molecule has 0 saturated carbocycles. The quantitative estimate of drug-likeness (QED) is 0.180. The smallest absolute Gasteiger partial charge is 0.256 e. The van der Waals surface area contributed by atoms with Gasteiger partial charge in [-0.05, 0) is 50.7 Å². The van der Waals surface area contributed by atoms with Crippen LogP contribution >= 0.6 is 0 Å². The second-order valence-electron chi connectivity index (χ2n) is 13.2. The van der Waals surface area contributed by atoms with Gasteiger partial charge in [-0.2, -0.15) is 0 Å². The number of rotatable bonds is 15. The molecule has 0 radical (unpaired) electrons. The number of carbonyl (C=O) groups excluding carboxylic acids is 2. The molecular weight excluding hydrogens is 638 g/mol. The van der Waals surface area contributed by atoms with Crippen LogP contribution in [0.2, 0.25) is 0 Å². The van der Waals surface area contributed by atoms with Crippen LogP contribution in [0.5, 0.6) is 23.0 Å². The van der Waals surface area contributed by atoms with E-state index in [2.05, 4.69) is 20.3 Å². The normalized spacial score (nSPS) is 19.1. The first kappa shape index (κ1) is 33.6. The Morgan fingerprint density at radius 3 is 1.86 bits per heavy atom. The van der Waals surface area contributed by atoms with Crippen LogP contribution in [0.4, 0.5) is 11.4 Å². The summed E-state index contributed by atoms with van der Waals surface area (Å²) >= 11 is 0. The summed E-state index contributed by atoms with van der Waals surface area (Å²) in [6.07, 6.45) is 15.9. The van der Waals surface area contributed by atoms with Crippen molar-refractivity contribution in [3.63, 3.8) is 0 Å². The van der Waals surface area contributed by atoms with E-state index in [-0.39, 0.29) is 30.5 Å². The number of ether oxygens (including phenoxy) is 4. The fraction of sp³-hybridized carbons (Fsp3) is 0.514. The van der Waals surface area contributed by atoms with Crippen LogP contribution in [0.15, 0.2) is 40.4 Å². The maximum absolute atomic E-state index is 13.1. The number of unbranched alkanes of at least 4 members (excludes halogenated alkanes) is 5. The summed E-state index contributed by atoms with van der Waals surface area (Å²) in [5.41, 5.74) is 3.06. The zero-order valence-electron chi connectivity index (χ0n) is 28.9. The van der Waals surface area contributed by atoms with Crippen LogP contribution in [0.1, 0.15) is 90.6 Å². The number of methoxy groups -OCH3 is 2. The first-order chi connectivity index (χ1) is 24.5. The number of aliphatic imine (C=N–C) groups is 2. The average molecular weight is 684 g/mol. The van der Waals surface area contributed by atoms with Gasteiger partial charge in [0.2, 0.25) is 0 Å². The van der Waals surface area contributed by atoms with Crippen LogP contribution < -0.4 is 18.9 Å². The predicted molar refractivity (Wildman–Crippen MR) is 188 cm³/mol. The average Bonchev–Trinajstić information content (AvgIpc) is 3.89. The molecule has 2 amide bonds. The van der Waals surface area contributed by atoms with Crippen LogP contribution in [0, 0.1) is 0 Å². The van der Waals surface area contributed by atoms with Crippen molar-refractivity contribution in [2.45, 2.75) is 89.4 Å². The third-order valence-electron chi connectivity index (χ3n) is 9.92. The zero-order chi connectivity index (χ0) is 34.5. The van der Waals surface area contributed by atoms with Crippen molar-refractivity contribution >= 4 is 35.6 Å². The Kier molecular flexibility index (Phi) is 10.3. The second-order valence-corrected chi connectivity index (χ2v) is 13.2. The molecule has 0 spiro atoms. The fourth-order valence-corrected chi connectivity index (χ4v) is 7.17.